The zero-order chi connectivity index (χ0) is 14.5. The first kappa shape index (κ1) is 14.3. The van der Waals surface area contributed by atoms with Crippen molar-refractivity contribution in [3.63, 3.8) is 0 Å². The number of thiazole rings is 1. The van der Waals surface area contributed by atoms with Crippen molar-refractivity contribution < 1.29 is 4.74 Å². The summed E-state index contributed by atoms with van der Waals surface area (Å²) in [5.74, 6) is 0. The summed E-state index contributed by atoms with van der Waals surface area (Å²) in [6.07, 6.45) is 4.11. The second-order valence-corrected chi connectivity index (χ2v) is 5.71. The summed E-state index contributed by atoms with van der Waals surface area (Å²) in [5, 5.41) is 5.50. The van der Waals surface area contributed by atoms with Crippen LogP contribution in [-0.2, 0) is 24.4 Å². The van der Waals surface area contributed by atoms with Crippen LogP contribution in [0.2, 0.25) is 0 Å². The molecule has 0 aliphatic carbocycles. The highest BCUT2D eigenvalue weighted by atomic mass is 32.1. The molecule has 110 valence electrons. The highest BCUT2D eigenvalue weighted by Gasteiger charge is 2.04. The van der Waals surface area contributed by atoms with Crippen LogP contribution in [0.1, 0.15) is 23.7 Å². The number of aromatic nitrogens is 2. The molecular weight excluding hydrogens is 282 g/mol. The minimum absolute atomic E-state index is 0.675. The van der Waals surface area contributed by atoms with Crippen molar-refractivity contribution in [3.8, 4) is 0 Å². The zero-order valence-corrected chi connectivity index (χ0v) is 12.9. The van der Waals surface area contributed by atoms with Crippen LogP contribution in [0.25, 0.3) is 4.96 Å². The van der Waals surface area contributed by atoms with Crippen molar-refractivity contribution in [2.45, 2.75) is 26.6 Å². The van der Waals surface area contributed by atoms with Crippen LogP contribution in [0.3, 0.4) is 0 Å². The minimum Gasteiger partial charge on any atom is -0.377 e. The molecule has 21 heavy (non-hydrogen) atoms. The fourth-order valence-electron chi connectivity index (χ4n) is 2.27. The maximum atomic E-state index is 5.51. The van der Waals surface area contributed by atoms with Crippen molar-refractivity contribution >= 4 is 16.3 Å². The number of nitrogens with zero attached hydrogens (tertiary/aromatic N) is 2. The van der Waals surface area contributed by atoms with Crippen LogP contribution in [0, 0.1) is 0 Å². The fraction of sp³-hybridized carbons (Fsp3) is 0.312. The smallest absolute Gasteiger partial charge is 0.193 e. The number of rotatable bonds is 7. The Morgan fingerprint density at radius 1 is 1.24 bits per heavy atom. The van der Waals surface area contributed by atoms with E-state index in [2.05, 4.69) is 45.2 Å². The third kappa shape index (κ3) is 3.50. The van der Waals surface area contributed by atoms with Crippen LogP contribution >= 0.6 is 11.3 Å². The van der Waals surface area contributed by atoms with E-state index in [1.165, 1.54) is 11.1 Å². The van der Waals surface area contributed by atoms with Gasteiger partial charge in [-0.1, -0.05) is 24.3 Å². The molecule has 3 aromatic rings. The van der Waals surface area contributed by atoms with Gasteiger partial charge in [-0.15, -0.1) is 11.3 Å². The molecule has 0 radical (unpaired) electrons. The number of hydrogen-bond donors (Lipinski definition) is 1. The lowest BCUT2D eigenvalue weighted by Crippen LogP contribution is -2.14. The summed E-state index contributed by atoms with van der Waals surface area (Å²) in [6, 6.07) is 8.40. The SMILES string of the molecule is CCOCc1ccccc1CNCc1cn2ccsc2n1. The van der Waals surface area contributed by atoms with Crippen LogP contribution in [0.15, 0.2) is 42.0 Å². The van der Waals surface area contributed by atoms with Crippen molar-refractivity contribution in [2.24, 2.45) is 0 Å². The number of nitrogens with one attached hydrogen (secondary N) is 1. The maximum absolute atomic E-state index is 5.51. The molecule has 1 N–H and O–H groups in total. The molecule has 0 unspecified atom stereocenters. The first-order chi connectivity index (χ1) is 10.4. The second-order valence-electron chi connectivity index (χ2n) is 4.83. The Bertz CT molecular complexity index is 676. The van der Waals surface area contributed by atoms with E-state index < -0.39 is 0 Å². The van der Waals surface area contributed by atoms with E-state index in [0.717, 1.165) is 30.4 Å². The third-order valence-electron chi connectivity index (χ3n) is 3.34. The average molecular weight is 301 g/mol. The summed E-state index contributed by atoms with van der Waals surface area (Å²) in [5.41, 5.74) is 3.61. The molecule has 0 fully saturated rings. The van der Waals surface area contributed by atoms with E-state index in [9.17, 15) is 0 Å². The van der Waals surface area contributed by atoms with Gasteiger partial charge in [0.15, 0.2) is 4.96 Å². The molecule has 0 aliphatic heterocycles. The quantitative estimate of drug-likeness (QED) is 0.728. The molecule has 2 heterocycles. The van der Waals surface area contributed by atoms with Gasteiger partial charge in [-0.3, -0.25) is 4.40 Å². The largest absolute Gasteiger partial charge is 0.377 e. The van der Waals surface area contributed by atoms with Crippen molar-refractivity contribution in [3.05, 3.63) is 58.9 Å². The summed E-state index contributed by atoms with van der Waals surface area (Å²) in [7, 11) is 0. The van der Waals surface area contributed by atoms with E-state index in [1.54, 1.807) is 11.3 Å². The number of hydrogen-bond acceptors (Lipinski definition) is 4. The average Bonchev–Trinajstić information content (AvgIpc) is 3.07. The summed E-state index contributed by atoms with van der Waals surface area (Å²) >= 11 is 1.66. The van der Waals surface area contributed by atoms with E-state index in [-0.39, 0.29) is 0 Å². The highest BCUT2D eigenvalue weighted by Crippen LogP contribution is 2.12. The molecular formula is C16H19N3OS. The normalized spacial score (nSPS) is 11.3. The number of fused-ring (bicyclic) bond motifs is 1. The third-order valence-corrected chi connectivity index (χ3v) is 4.12. The molecule has 5 heteroatoms. The van der Waals surface area contributed by atoms with Gasteiger partial charge in [-0.25, -0.2) is 4.98 Å². The molecule has 0 atom stereocenters. The zero-order valence-electron chi connectivity index (χ0n) is 12.1. The summed E-state index contributed by atoms with van der Waals surface area (Å²) in [4.78, 5) is 5.62. The topological polar surface area (TPSA) is 38.6 Å². The Morgan fingerprint density at radius 3 is 2.90 bits per heavy atom. The standard InChI is InChI=1S/C16H19N3OS/c1-2-20-12-14-6-4-3-5-13(14)9-17-10-15-11-19-7-8-21-16(19)18-15/h3-8,11,17H,2,9-10,12H2,1H3. The Balaban J connectivity index is 1.58. The Morgan fingerprint density at radius 2 is 2.10 bits per heavy atom. The van der Waals surface area contributed by atoms with Gasteiger partial charge >= 0.3 is 0 Å². The van der Waals surface area contributed by atoms with Gasteiger partial charge in [0.1, 0.15) is 0 Å². The molecule has 1 aromatic carbocycles. The molecule has 2 aromatic heterocycles. The highest BCUT2D eigenvalue weighted by molar-refractivity contribution is 7.15. The first-order valence-corrected chi connectivity index (χ1v) is 8.01. The first-order valence-electron chi connectivity index (χ1n) is 7.13. The molecule has 3 rings (SSSR count). The van der Waals surface area contributed by atoms with Crippen LogP contribution in [0.5, 0.6) is 0 Å². The fourth-order valence-corrected chi connectivity index (χ4v) is 2.99. The van der Waals surface area contributed by atoms with Gasteiger partial charge in [0, 0.05) is 37.5 Å². The van der Waals surface area contributed by atoms with Gasteiger partial charge in [0.25, 0.3) is 0 Å². The Hall–Kier alpha value is -1.69. The lowest BCUT2D eigenvalue weighted by Gasteiger charge is -2.10. The monoisotopic (exact) mass is 301 g/mol. The van der Waals surface area contributed by atoms with Gasteiger partial charge < -0.3 is 10.1 Å². The van der Waals surface area contributed by atoms with Crippen LogP contribution < -0.4 is 5.32 Å². The van der Waals surface area contributed by atoms with Gasteiger partial charge in [-0.2, -0.15) is 0 Å². The van der Waals surface area contributed by atoms with Crippen LogP contribution in [0.4, 0.5) is 0 Å². The molecule has 0 saturated heterocycles. The van der Waals surface area contributed by atoms with Crippen molar-refractivity contribution in [1.29, 1.82) is 0 Å². The lowest BCUT2D eigenvalue weighted by molar-refractivity contribution is 0.133. The van der Waals surface area contributed by atoms with E-state index in [0.29, 0.717) is 6.61 Å². The molecule has 0 saturated carbocycles. The van der Waals surface area contributed by atoms with Crippen LogP contribution in [-0.4, -0.2) is 16.0 Å². The van der Waals surface area contributed by atoms with E-state index in [1.807, 2.05) is 18.5 Å². The molecule has 0 aliphatic rings. The Kier molecular flexibility index (Phi) is 4.65. The summed E-state index contributed by atoms with van der Waals surface area (Å²) < 4.78 is 7.57. The van der Waals surface area contributed by atoms with E-state index >= 15 is 0 Å². The molecule has 4 nitrogen and oxygen atoms in total. The van der Waals surface area contributed by atoms with Gasteiger partial charge in [0.05, 0.1) is 12.3 Å². The van der Waals surface area contributed by atoms with Crippen molar-refractivity contribution in [1.82, 2.24) is 14.7 Å². The van der Waals surface area contributed by atoms with Crippen molar-refractivity contribution in [2.75, 3.05) is 6.61 Å². The number of imidazole rings is 1. The van der Waals surface area contributed by atoms with Gasteiger partial charge in [0.2, 0.25) is 0 Å². The predicted octanol–water partition coefficient (Wildman–Crippen LogP) is 3.22. The molecule has 0 spiro atoms. The second kappa shape index (κ2) is 6.85. The number of ether oxygens (including phenoxy) is 1. The lowest BCUT2D eigenvalue weighted by atomic mass is 10.1. The van der Waals surface area contributed by atoms with Gasteiger partial charge in [-0.05, 0) is 18.1 Å². The Labute approximate surface area is 128 Å². The minimum atomic E-state index is 0.675. The number of benzene rings is 1. The molecule has 0 amide bonds. The maximum Gasteiger partial charge on any atom is 0.193 e. The summed E-state index contributed by atoms with van der Waals surface area (Å²) in [6.45, 7) is 5.04. The molecule has 0 bridgehead atoms. The predicted molar refractivity (Wildman–Crippen MR) is 85.4 cm³/mol. The van der Waals surface area contributed by atoms with E-state index in [4.69, 9.17) is 4.74 Å².